The maximum absolute atomic E-state index is 12.6. The van der Waals surface area contributed by atoms with E-state index in [1.165, 1.54) is 31.4 Å². The largest absolute Gasteiger partial charge is 0.495 e. The Morgan fingerprint density at radius 3 is 2.41 bits per heavy atom. The molecule has 0 fully saturated rings. The Bertz CT molecular complexity index is 877. The van der Waals surface area contributed by atoms with Crippen molar-refractivity contribution in [3.63, 3.8) is 0 Å². The van der Waals surface area contributed by atoms with Crippen LogP contribution in [0.1, 0.15) is 42.1 Å². The third kappa shape index (κ3) is 5.72. The standard InChI is InChI=1S/C20H26N2O4S/c1-4-5-6-13-21-20(23)16-8-10-17(11-9-16)27(24,25)22-18-14-15(2)7-12-19(18)26-3/h7-12,14,22H,4-6,13H2,1-3H3,(H,21,23). The predicted octanol–water partition coefficient (Wildman–Crippen LogP) is 3.72. The van der Waals surface area contributed by atoms with Gasteiger partial charge in [0.1, 0.15) is 5.75 Å². The fourth-order valence-corrected chi connectivity index (χ4v) is 3.63. The fraction of sp³-hybridized carbons (Fsp3) is 0.350. The zero-order valence-electron chi connectivity index (χ0n) is 15.9. The Morgan fingerprint density at radius 2 is 1.78 bits per heavy atom. The molecule has 0 aliphatic rings. The molecular formula is C20H26N2O4S. The zero-order valence-corrected chi connectivity index (χ0v) is 16.7. The third-order valence-corrected chi connectivity index (χ3v) is 5.47. The molecule has 7 heteroatoms. The molecule has 2 aromatic rings. The Morgan fingerprint density at radius 1 is 1.07 bits per heavy atom. The molecule has 0 aliphatic carbocycles. The Kier molecular flexibility index (Phi) is 7.24. The summed E-state index contributed by atoms with van der Waals surface area (Å²) < 4.78 is 33.0. The summed E-state index contributed by atoms with van der Waals surface area (Å²) in [5.41, 5.74) is 1.71. The normalized spacial score (nSPS) is 11.1. The highest BCUT2D eigenvalue weighted by molar-refractivity contribution is 7.92. The number of rotatable bonds is 9. The molecule has 0 saturated carbocycles. The molecule has 2 aromatic carbocycles. The first kappa shape index (κ1) is 20.8. The van der Waals surface area contributed by atoms with Crippen LogP contribution >= 0.6 is 0 Å². The average molecular weight is 391 g/mol. The number of benzene rings is 2. The van der Waals surface area contributed by atoms with Crippen molar-refractivity contribution in [2.75, 3.05) is 18.4 Å². The molecule has 6 nitrogen and oxygen atoms in total. The summed E-state index contributed by atoms with van der Waals surface area (Å²) in [5.74, 6) is 0.232. The van der Waals surface area contributed by atoms with Crippen LogP contribution in [0.25, 0.3) is 0 Å². The lowest BCUT2D eigenvalue weighted by atomic mass is 10.2. The van der Waals surface area contributed by atoms with E-state index in [4.69, 9.17) is 4.74 Å². The SMILES string of the molecule is CCCCCNC(=O)c1ccc(S(=O)(=O)Nc2cc(C)ccc2OC)cc1. The van der Waals surface area contributed by atoms with Crippen molar-refractivity contribution in [1.82, 2.24) is 5.32 Å². The summed E-state index contributed by atoms with van der Waals surface area (Å²) in [4.78, 5) is 12.2. The van der Waals surface area contributed by atoms with E-state index >= 15 is 0 Å². The second kappa shape index (κ2) is 9.41. The summed E-state index contributed by atoms with van der Waals surface area (Å²) >= 11 is 0. The van der Waals surface area contributed by atoms with Gasteiger partial charge in [0.2, 0.25) is 0 Å². The van der Waals surface area contributed by atoms with E-state index in [1.54, 1.807) is 12.1 Å². The number of sulfonamides is 1. The summed E-state index contributed by atoms with van der Waals surface area (Å²) in [6.45, 7) is 4.58. The van der Waals surface area contributed by atoms with E-state index in [-0.39, 0.29) is 10.8 Å². The molecule has 0 unspecified atom stereocenters. The molecule has 0 aromatic heterocycles. The Balaban J connectivity index is 2.11. The maximum atomic E-state index is 12.6. The van der Waals surface area contributed by atoms with Crippen molar-refractivity contribution in [2.24, 2.45) is 0 Å². The van der Waals surface area contributed by atoms with Gasteiger partial charge in [0.05, 0.1) is 17.7 Å². The van der Waals surface area contributed by atoms with E-state index in [9.17, 15) is 13.2 Å². The van der Waals surface area contributed by atoms with E-state index in [0.29, 0.717) is 23.5 Å². The van der Waals surface area contributed by atoms with Gasteiger partial charge >= 0.3 is 0 Å². The zero-order chi connectivity index (χ0) is 19.9. The molecule has 0 atom stereocenters. The highest BCUT2D eigenvalue weighted by Gasteiger charge is 2.17. The molecular weight excluding hydrogens is 364 g/mol. The number of hydrogen-bond acceptors (Lipinski definition) is 4. The van der Waals surface area contributed by atoms with Gasteiger partial charge in [0.25, 0.3) is 15.9 Å². The van der Waals surface area contributed by atoms with E-state index in [2.05, 4.69) is 17.0 Å². The number of aryl methyl sites for hydroxylation is 1. The van der Waals surface area contributed by atoms with Gasteiger partial charge in [-0.1, -0.05) is 25.8 Å². The van der Waals surface area contributed by atoms with Crippen LogP contribution in [0.15, 0.2) is 47.4 Å². The Labute approximate surface area is 161 Å². The van der Waals surface area contributed by atoms with Crippen molar-refractivity contribution >= 4 is 21.6 Å². The third-order valence-electron chi connectivity index (χ3n) is 4.09. The number of methoxy groups -OCH3 is 1. The second-order valence-electron chi connectivity index (χ2n) is 6.30. The highest BCUT2D eigenvalue weighted by Crippen LogP contribution is 2.27. The average Bonchev–Trinajstić information content (AvgIpc) is 2.65. The van der Waals surface area contributed by atoms with Gasteiger partial charge in [0.15, 0.2) is 0 Å². The smallest absolute Gasteiger partial charge is 0.262 e. The lowest BCUT2D eigenvalue weighted by molar-refractivity contribution is 0.0953. The molecule has 2 rings (SSSR count). The summed E-state index contributed by atoms with van der Waals surface area (Å²) in [6.07, 6.45) is 3.07. The molecule has 0 radical (unpaired) electrons. The predicted molar refractivity (Wildman–Crippen MR) is 107 cm³/mol. The molecule has 0 saturated heterocycles. The maximum Gasteiger partial charge on any atom is 0.262 e. The molecule has 27 heavy (non-hydrogen) atoms. The minimum Gasteiger partial charge on any atom is -0.495 e. The lowest BCUT2D eigenvalue weighted by Gasteiger charge is -2.13. The minimum atomic E-state index is -3.79. The van der Waals surface area contributed by atoms with Gasteiger partial charge in [0, 0.05) is 12.1 Å². The summed E-state index contributed by atoms with van der Waals surface area (Å²) in [7, 11) is -2.31. The van der Waals surface area contributed by atoms with Gasteiger partial charge in [-0.3, -0.25) is 9.52 Å². The van der Waals surface area contributed by atoms with Crippen molar-refractivity contribution in [1.29, 1.82) is 0 Å². The minimum absolute atomic E-state index is 0.0774. The number of unbranched alkanes of at least 4 members (excludes halogenated alkanes) is 2. The number of anilines is 1. The monoisotopic (exact) mass is 390 g/mol. The van der Waals surface area contributed by atoms with Gasteiger partial charge in [-0.05, 0) is 55.3 Å². The van der Waals surface area contributed by atoms with Gasteiger partial charge < -0.3 is 10.1 Å². The summed E-state index contributed by atoms with van der Waals surface area (Å²) in [6, 6.07) is 11.1. The number of carbonyl (C=O) groups is 1. The second-order valence-corrected chi connectivity index (χ2v) is 7.98. The highest BCUT2D eigenvalue weighted by atomic mass is 32.2. The van der Waals surface area contributed by atoms with Crippen molar-refractivity contribution in [3.05, 3.63) is 53.6 Å². The molecule has 0 heterocycles. The molecule has 0 spiro atoms. The van der Waals surface area contributed by atoms with Crippen molar-refractivity contribution in [2.45, 2.75) is 38.0 Å². The van der Waals surface area contributed by atoms with Crippen LogP contribution in [0, 0.1) is 6.92 Å². The van der Waals surface area contributed by atoms with Crippen LogP contribution in [-0.4, -0.2) is 28.0 Å². The quantitative estimate of drug-likeness (QED) is 0.639. The van der Waals surface area contributed by atoms with Gasteiger partial charge in [-0.25, -0.2) is 8.42 Å². The van der Waals surface area contributed by atoms with Crippen molar-refractivity contribution < 1.29 is 17.9 Å². The topological polar surface area (TPSA) is 84.5 Å². The number of hydrogen-bond donors (Lipinski definition) is 2. The first-order valence-electron chi connectivity index (χ1n) is 8.93. The van der Waals surface area contributed by atoms with Gasteiger partial charge in [-0.15, -0.1) is 0 Å². The van der Waals surface area contributed by atoms with E-state index in [1.807, 2.05) is 13.0 Å². The number of amides is 1. The van der Waals surface area contributed by atoms with E-state index in [0.717, 1.165) is 24.8 Å². The van der Waals surface area contributed by atoms with Crippen LogP contribution in [0.3, 0.4) is 0 Å². The van der Waals surface area contributed by atoms with Crippen LogP contribution in [0.2, 0.25) is 0 Å². The summed E-state index contributed by atoms with van der Waals surface area (Å²) in [5, 5.41) is 2.83. The molecule has 0 aliphatic heterocycles. The molecule has 1 amide bonds. The number of ether oxygens (including phenoxy) is 1. The molecule has 0 bridgehead atoms. The first-order chi connectivity index (χ1) is 12.9. The van der Waals surface area contributed by atoms with Crippen molar-refractivity contribution in [3.8, 4) is 5.75 Å². The van der Waals surface area contributed by atoms with Crippen LogP contribution in [0.4, 0.5) is 5.69 Å². The fourth-order valence-electron chi connectivity index (χ4n) is 2.57. The molecule has 146 valence electrons. The van der Waals surface area contributed by atoms with Gasteiger partial charge in [-0.2, -0.15) is 0 Å². The lowest BCUT2D eigenvalue weighted by Crippen LogP contribution is -2.24. The number of carbonyl (C=O) groups excluding carboxylic acids is 1. The van der Waals surface area contributed by atoms with Crippen LogP contribution < -0.4 is 14.8 Å². The Hall–Kier alpha value is -2.54. The molecule has 2 N–H and O–H groups in total. The van der Waals surface area contributed by atoms with Crippen LogP contribution in [-0.2, 0) is 10.0 Å². The van der Waals surface area contributed by atoms with Crippen LogP contribution in [0.5, 0.6) is 5.75 Å². The first-order valence-corrected chi connectivity index (χ1v) is 10.4. The van der Waals surface area contributed by atoms with E-state index < -0.39 is 10.0 Å². The number of nitrogens with one attached hydrogen (secondary N) is 2.